The highest BCUT2D eigenvalue weighted by atomic mass is 19.4. The summed E-state index contributed by atoms with van der Waals surface area (Å²) in [7, 11) is 1.35. The molecule has 1 amide bonds. The first-order valence-electron chi connectivity index (χ1n) is 7.05. The van der Waals surface area contributed by atoms with Crippen molar-refractivity contribution >= 4 is 11.9 Å². The van der Waals surface area contributed by atoms with Gasteiger partial charge in [0.25, 0.3) is 5.91 Å². The summed E-state index contributed by atoms with van der Waals surface area (Å²) in [5, 5.41) is 9.38. The van der Waals surface area contributed by atoms with Crippen LogP contribution in [0, 0.1) is 5.41 Å². The number of aliphatic carboxylic acids is 1. The molecule has 1 aliphatic heterocycles. The molecule has 0 spiro atoms. The van der Waals surface area contributed by atoms with Crippen LogP contribution in [0.3, 0.4) is 0 Å². The van der Waals surface area contributed by atoms with E-state index in [1.54, 1.807) is 0 Å². The van der Waals surface area contributed by atoms with E-state index in [0.29, 0.717) is 0 Å². The number of rotatable bonds is 5. The Balaban J connectivity index is 2.23. The molecular weight excluding hydrogens is 331 g/mol. The van der Waals surface area contributed by atoms with Crippen molar-refractivity contribution in [1.29, 1.82) is 0 Å². The zero-order chi connectivity index (χ0) is 18.0. The molecule has 1 N–H and O–H groups in total. The van der Waals surface area contributed by atoms with Crippen LogP contribution >= 0.6 is 0 Å². The van der Waals surface area contributed by atoms with Gasteiger partial charge in [-0.25, -0.2) is 0 Å². The number of hydrogen-bond acceptors (Lipinski definition) is 4. The molecule has 6 nitrogen and oxygen atoms in total. The van der Waals surface area contributed by atoms with Gasteiger partial charge in [-0.2, -0.15) is 0 Å². The Labute approximate surface area is 135 Å². The normalized spacial score (nSPS) is 20.9. The molecule has 1 aliphatic rings. The van der Waals surface area contributed by atoms with Crippen molar-refractivity contribution in [2.24, 2.45) is 5.41 Å². The van der Waals surface area contributed by atoms with Crippen molar-refractivity contribution in [3.63, 3.8) is 0 Å². The van der Waals surface area contributed by atoms with E-state index < -0.39 is 29.4 Å². The first kappa shape index (κ1) is 18.1. The molecule has 0 aromatic heterocycles. The standard InChI is InChI=1S/C15H16F3NO5/c1-23-9-14(13(21)22)6-7-19(8-14)12(20)10-4-2-3-5-11(10)24-15(16,17)18/h2-5H,6-9H2,1H3,(H,21,22). The molecule has 1 saturated heterocycles. The molecule has 1 fully saturated rings. The van der Waals surface area contributed by atoms with Crippen LogP contribution in [-0.4, -0.2) is 55.1 Å². The lowest BCUT2D eigenvalue weighted by molar-refractivity contribution is -0.274. The number of alkyl halides is 3. The van der Waals surface area contributed by atoms with Crippen LogP contribution in [-0.2, 0) is 9.53 Å². The monoisotopic (exact) mass is 347 g/mol. The van der Waals surface area contributed by atoms with Gasteiger partial charge in [0.1, 0.15) is 11.2 Å². The molecular formula is C15H16F3NO5. The molecule has 1 atom stereocenters. The number of carboxylic acid groups (broad SMARTS) is 1. The highest BCUT2D eigenvalue weighted by Gasteiger charge is 2.47. The topological polar surface area (TPSA) is 76.1 Å². The zero-order valence-electron chi connectivity index (χ0n) is 12.8. The first-order valence-corrected chi connectivity index (χ1v) is 7.05. The van der Waals surface area contributed by atoms with Crippen molar-refractivity contribution in [3.8, 4) is 5.75 Å². The summed E-state index contributed by atoms with van der Waals surface area (Å²) >= 11 is 0. The number of ether oxygens (including phenoxy) is 2. The number of nitrogens with zero attached hydrogens (tertiary/aromatic N) is 1. The van der Waals surface area contributed by atoms with Gasteiger partial charge in [0.15, 0.2) is 0 Å². The van der Waals surface area contributed by atoms with Crippen molar-refractivity contribution in [2.75, 3.05) is 26.8 Å². The van der Waals surface area contributed by atoms with Crippen LogP contribution < -0.4 is 4.74 Å². The number of amides is 1. The third kappa shape index (κ3) is 3.78. The van der Waals surface area contributed by atoms with Crippen molar-refractivity contribution in [3.05, 3.63) is 29.8 Å². The minimum atomic E-state index is -4.93. The SMILES string of the molecule is COCC1(C(=O)O)CCN(C(=O)c2ccccc2OC(F)(F)F)C1. The van der Waals surface area contributed by atoms with Gasteiger partial charge in [0, 0.05) is 20.2 Å². The molecule has 1 unspecified atom stereocenters. The van der Waals surface area contributed by atoms with Crippen molar-refractivity contribution in [1.82, 2.24) is 4.90 Å². The highest BCUT2D eigenvalue weighted by Crippen LogP contribution is 2.34. The lowest BCUT2D eigenvalue weighted by Gasteiger charge is -2.24. The molecule has 0 radical (unpaired) electrons. The first-order chi connectivity index (χ1) is 11.2. The number of hydrogen-bond donors (Lipinski definition) is 1. The maximum atomic E-state index is 12.5. The van der Waals surface area contributed by atoms with Crippen molar-refractivity contribution in [2.45, 2.75) is 12.8 Å². The third-order valence-electron chi connectivity index (χ3n) is 3.86. The predicted molar refractivity (Wildman–Crippen MR) is 75.6 cm³/mol. The van der Waals surface area contributed by atoms with Crippen molar-refractivity contribution < 1.29 is 37.3 Å². The van der Waals surface area contributed by atoms with Crippen LogP contribution in [0.25, 0.3) is 0 Å². The van der Waals surface area contributed by atoms with E-state index in [-0.39, 0.29) is 31.7 Å². The summed E-state index contributed by atoms with van der Waals surface area (Å²) in [6.07, 6.45) is -4.77. The lowest BCUT2D eigenvalue weighted by Crippen LogP contribution is -2.40. The van der Waals surface area contributed by atoms with Gasteiger partial charge in [-0.1, -0.05) is 12.1 Å². The van der Waals surface area contributed by atoms with E-state index in [9.17, 15) is 27.9 Å². The number of carbonyl (C=O) groups is 2. The Kier molecular flexibility index (Phi) is 5.02. The Hall–Kier alpha value is -2.29. The fraction of sp³-hybridized carbons (Fsp3) is 0.467. The fourth-order valence-corrected chi connectivity index (χ4v) is 2.70. The fourth-order valence-electron chi connectivity index (χ4n) is 2.70. The van der Waals surface area contributed by atoms with E-state index in [2.05, 4.69) is 4.74 Å². The molecule has 9 heteroatoms. The zero-order valence-corrected chi connectivity index (χ0v) is 12.8. The summed E-state index contributed by atoms with van der Waals surface area (Å²) in [6, 6.07) is 4.97. The van der Waals surface area contributed by atoms with Crippen LogP contribution in [0.15, 0.2) is 24.3 Å². The molecule has 0 saturated carbocycles. The third-order valence-corrected chi connectivity index (χ3v) is 3.86. The predicted octanol–water partition coefficient (Wildman–Crippen LogP) is 2.15. The average molecular weight is 347 g/mol. The van der Waals surface area contributed by atoms with E-state index in [1.165, 1.54) is 30.2 Å². The number of methoxy groups -OCH3 is 1. The van der Waals surface area contributed by atoms with Gasteiger partial charge in [0.05, 0.1) is 12.2 Å². The summed E-state index contributed by atoms with van der Waals surface area (Å²) in [6.45, 7) is -0.128. The molecule has 132 valence electrons. The number of para-hydroxylation sites is 1. The van der Waals surface area contributed by atoms with Gasteiger partial charge < -0.3 is 19.5 Å². The number of carbonyl (C=O) groups excluding carboxylic acids is 1. The molecule has 2 rings (SSSR count). The maximum Gasteiger partial charge on any atom is 0.573 e. The Morgan fingerprint density at radius 2 is 2.00 bits per heavy atom. The summed E-state index contributed by atoms with van der Waals surface area (Å²) in [5.41, 5.74) is -1.53. The highest BCUT2D eigenvalue weighted by molar-refractivity contribution is 5.97. The number of likely N-dealkylation sites (tertiary alicyclic amines) is 1. The van der Waals surface area contributed by atoms with E-state index >= 15 is 0 Å². The Morgan fingerprint density at radius 1 is 1.33 bits per heavy atom. The summed E-state index contributed by atoms with van der Waals surface area (Å²) in [5.74, 6) is -2.44. The second kappa shape index (κ2) is 6.68. The number of benzene rings is 1. The summed E-state index contributed by atoms with van der Waals surface area (Å²) in [4.78, 5) is 25.2. The second-order valence-electron chi connectivity index (χ2n) is 5.54. The quantitative estimate of drug-likeness (QED) is 0.883. The Morgan fingerprint density at radius 3 is 2.58 bits per heavy atom. The molecule has 1 aromatic carbocycles. The Bertz CT molecular complexity index is 634. The van der Waals surface area contributed by atoms with E-state index in [1.807, 2.05) is 0 Å². The van der Waals surface area contributed by atoms with Gasteiger partial charge in [-0.15, -0.1) is 13.2 Å². The minimum Gasteiger partial charge on any atom is -0.481 e. The van der Waals surface area contributed by atoms with Crippen LogP contribution in [0.4, 0.5) is 13.2 Å². The van der Waals surface area contributed by atoms with Gasteiger partial charge in [0.2, 0.25) is 0 Å². The van der Waals surface area contributed by atoms with Gasteiger partial charge in [-0.05, 0) is 18.6 Å². The number of halogens is 3. The van der Waals surface area contributed by atoms with Crippen LogP contribution in [0.1, 0.15) is 16.8 Å². The van der Waals surface area contributed by atoms with Gasteiger partial charge in [-0.3, -0.25) is 9.59 Å². The largest absolute Gasteiger partial charge is 0.573 e. The van der Waals surface area contributed by atoms with Gasteiger partial charge >= 0.3 is 12.3 Å². The number of carboxylic acids is 1. The molecule has 1 heterocycles. The molecule has 0 aliphatic carbocycles. The average Bonchev–Trinajstić information content (AvgIpc) is 2.91. The summed E-state index contributed by atoms with van der Waals surface area (Å²) < 4.78 is 46.1. The van der Waals surface area contributed by atoms with E-state index in [0.717, 1.165) is 6.07 Å². The smallest absolute Gasteiger partial charge is 0.481 e. The van der Waals surface area contributed by atoms with E-state index in [4.69, 9.17) is 4.74 Å². The lowest BCUT2D eigenvalue weighted by atomic mass is 9.88. The molecule has 0 bridgehead atoms. The minimum absolute atomic E-state index is 0.0905. The second-order valence-corrected chi connectivity index (χ2v) is 5.54. The molecule has 1 aromatic rings. The molecule has 24 heavy (non-hydrogen) atoms. The maximum absolute atomic E-state index is 12.5. The van der Waals surface area contributed by atoms with Crippen LogP contribution in [0.5, 0.6) is 5.75 Å². The van der Waals surface area contributed by atoms with Crippen LogP contribution in [0.2, 0.25) is 0 Å².